The number of hydrogen-bond acceptors (Lipinski definition) is 4. The topological polar surface area (TPSA) is 87.5 Å². The summed E-state index contributed by atoms with van der Waals surface area (Å²) < 4.78 is 0. The Labute approximate surface area is 128 Å². The van der Waals surface area contributed by atoms with Crippen LogP contribution >= 0.6 is 0 Å². The van der Waals surface area contributed by atoms with Crippen molar-refractivity contribution in [1.82, 2.24) is 15.5 Å². The lowest BCUT2D eigenvalue weighted by molar-refractivity contribution is -0.121. The van der Waals surface area contributed by atoms with Crippen molar-refractivity contribution < 1.29 is 9.59 Å². The molecule has 0 rings (SSSR count). The van der Waals surface area contributed by atoms with Gasteiger partial charge < -0.3 is 21.3 Å². The minimum absolute atomic E-state index is 0.0142. The van der Waals surface area contributed by atoms with Crippen molar-refractivity contribution in [3.05, 3.63) is 0 Å². The average Bonchev–Trinajstić information content (AvgIpc) is 2.44. The third-order valence-corrected chi connectivity index (χ3v) is 3.27. The van der Waals surface area contributed by atoms with E-state index in [4.69, 9.17) is 5.73 Å². The van der Waals surface area contributed by atoms with Crippen molar-refractivity contribution in [2.24, 2.45) is 11.7 Å². The molecule has 6 heteroatoms. The van der Waals surface area contributed by atoms with Gasteiger partial charge in [0.15, 0.2) is 0 Å². The molecule has 124 valence electrons. The SMILES string of the molecule is CCN(CCC(=O)NCCN)CCC(=O)NCCC(C)C. The molecule has 21 heavy (non-hydrogen) atoms. The van der Waals surface area contributed by atoms with E-state index in [1.54, 1.807) is 0 Å². The highest BCUT2D eigenvalue weighted by atomic mass is 16.2. The van der Waals surface area contributed by atoms with E-state index in [9.17, 15) is 9.59 Å². The van der Waals surface area contributed by atoms with Crippen molar-refractivity contribution in [2.75, 3.05) is 39.3 Å². The summed E-state index contributed by atoms with van der Waals surface area (Å²) in [6.45, 7) is 10.2. The van der Waals surface area contributed by atoms with Gasteiger partial charge in [0, 0.05) is 45.6 Å². The van der Waals surface area contributed by atoms with Crippen LogP contribution in [0.1, 0.15) is 40.0 Å². The molecule has 0 aliphatic heterocycles. The van der Waals surface area contributed by atoms with Crippen LogP contribution in [0, 0.1) is 5.92 Å². The van der Waals surface area contributed by atoms with Crippen molar-refractivity contribution in [2.45, 2.75) is 40.0 Å². The Kier molecular flexibility index (Phi) is 11.9. The second-order valence-electron chi connectivity index (χ2n) is 5.61. The third kappa shape index (κ3) is 12.3. The monoisotopic (exact) mass is 300 g/mol. The molecule has 0 aromatic heterocycles. The summed E-state index contributed by atoms with van der Waals surface area (Å²) in [4.78, 5) is 25.3. The van der Waals surface area contributed by atoms with Crippen LogP contribution in [-0.4, -0.2) is 56.0 Å². The summed E-state index contributed by atoms with van der Waals surface area (Å²) in [5.41, 5.74) is 5.33. The lowest BCUT2D eigenvalue weighted by atomic mass is 10.1. The van der Waals surface area contributed by atoms with Crippen LogP contribution in [0.15, 0.2) is 0 Å². The van der Waals surface area contributed by atoms with Gasteiger partial charge in [0.1, 0.15) is 0 Å². The van der Waals surface area contributed by atoms with Gasteiger partial charge >= 0.3 is 0 Å². The van der Waals surface area contributed by atoms with Crippen LogP contribution in [0.5, 0.6) is 0 Å². The summed E-state index contributed by atoms with van der Waals surface area (Å²) in [7, 11) is 0. The van der Waals surface area contributed by atoms with E-state index in [0.29, 0.717) is 44.9 Å². The number of amides is 2. The first-order valence-corrected chi connectivity index (χ1v) is 7.95. The standard InChI is InChI=1S/C15H32N4O2/c1-4-19(12-7-15(21)18-10-8-16)11-6-14(20)17-9-5-13(2)3/h13H,4-12,16H2,1-3H3,(H,17,20)(H,18,21). The lowest BCUT2D eigenvalue weighted by Crippen LogP contribution is -2.35. The number of nitrogens with zero attached hydrogens (tertiary/aromatic N) is 1. The minimum Gasteiger partial charge on any atom is -0.356 e. The molecular formula is C15H32N4O2. The van der Waals surface area contributed by atoms with Gasteiger partial charge in [0.25, 0.3) is 0 Å². The van der Waals surface area contributed by atoms with Gasteiger partial charge in [-0.15, -0.1) is 0 Å². The summed E-state index contributed by atoms with van der Waals surface area (Å²) in [5.74, 6) is 0.700. The van der Waals surface area contributed by atoms with E-state index in [1.165, 1.54) is 0 Å². The molecule has 0 unspecified atom stereocenters. The van der Waals surface area contributed by atoms with E-state index in [2.05, 4.69) is 29.4 Å². The number of hydrogen-bond donors (Lipinski definition) is 3. The Morgan fingerprint density at radius 3 is 2.00 bits per heavy atom. The fraction of sp³-hybridized carbons (Fsp3) is 0.867. The fourth-order valence-corrected chi connectivity index (χ4v) is 1.84. The molecule has 4 N–H and O–H groups in total. The van der Waals surface area contributed by atoms with Gasteiger partial charge in [-0.05, 0) is 18.9 Å². The van der Waals surface area contributed by atoms with Crippen LogP contribution < -0.4 is 16.4 Å². The Morgan fingerprint density at radius 2 is 1.57 bits per heavy atom. The van der Waals surface area contributed by atoms with Crippen LogP contribution in [0.4, 0.5) is 0 Å². The van der Waals surface area contributed by atoms with Gasteiger partial charge in [-0.1, -0.05) is 20.8 Å². The second-order valence-corrected chi connectivity index (χ2v) is 5.61. The van der Waals surface area contributed by atoms with Crippen LogP contribution in [0.3, 0.4) is 0 Å². The Hall–Kier alpha value is -1.14. The fourth-order valence-electron chi connectivity index (χ4n) is 1.84. The van der Waals surface area contributed by atoms with E-state index in [1.807, 2.05) is 6.92 Å². The first-order valence-electron chi connectivity index (χ1n) is 7.95. The van der Waals surface area contributed by atoms with Crippen molar-refractivity contribution >= 4 is 11.8 Å². The maximum Gasteiger partial charge on any atom is 0.221 e. The molecule has 0 aromatic rings. The van der Waals surface area contributed by atoms with E-state index >= 15 is 0 Å². The first kappa shape index (κ1) is 19.9. The number of carbonyl (C=O) groups excluding carboxylic acids is 2. The normalized spacial score (nSPS) is 11.0. The number of nitrogens with one attached hydrogen (secondary N) is 2. The van der Waals surface area contributed by atoms with Crippen molar-refractivity contribution in [3.8, 4) is 0 Å². The zero-order valence-electron chi connectivity index (χ0n) is 13.8. The second kappa shape index (κ2) is 12.6. The molecule has 0 atom stereocenters. The van der Waals surface area contributed by atoms with Gasteiger partial charge in [0.2, 0.25) is 11.8 Å². The molecular weight excluding hydrogens is 268 g/mol. The Balaban J connectivity index is 3.78. The summed E-state index contributed by atoms with van der Waals surface area (Å²) in [5, 5.41) is 5.67. The number of carbonyl (C=O) groups is 2. The Morgan fingerprint density at radius 1 is 1.05 bits per heavy atom. The highest BCUT2D eigenvalue weighted by Crippen LogP contribution is 1.98. The van der Waals surface area contributed by atoms with E-state index < -0.39 is 0 Å². The summed E-state index contributed by atoms with van der Waals surface area (Å²) in [6.07, 6.45) is 1.93. The highest BCUT2D eigenvalue weighted by molar-refractivity contribution is 5.76. The largest absolute Gasteiger partial charge is 0.356 e. The quantitative estimate of drug-likeness (QED) is 0.484. The molecule has 0 bridgehead atoms. The predicted octanol–water partition coefficient (Wildman–Crippen LogP) is 0.326. The molecule has 2 amide bonds. The van der Waals surface area contributed by atoms with Crippen LogP contribution in [0.25, 0.3) is 0 Å². The zero-order valence-corrected chi connectivity index (χ0v) is 13.8. The molecule has 0 heterocycles. The van der Waals surface area contributed by atoms with E-state index in [0.717, 1.165) is 19.5 Å². The number of rotatable bonds is 12. The van der Waals surface area contributed by atoms with Crippen molar-refractivity contribution in [1.29, 1.82) is 0 Å². The Bertz CT molecular complexity index is 295. The van der Waals surface area contributed by atoms with Gasteiger partial charge in [-0.3, -0.25) is 9.59 Å². The molecule has 0 aliphatic carbocycles. The van der Waals surface area contributed by atoms with Crippen LogP contribution in [-0.2, 0) is 9.59 Å². The smallest absolute Gasteiger partial charge is 0.221 e. The molecule has 6 nitrogen and oxygen atoms in total. The average molecular weight is 300 g/mol. The number of nitrogens with two attached hydrogens (primary N) is 1. The maximum absolute atomic E-state index is 11.7. The van der Waals surface area contributed by atoms with E-state index in [-0.39, 0.29) is 11.8 Å². The molecule has 0 aliphatic rings. The molecule has 0 fully saturated rings. The van der Waals surface area contributed by atoms with Gasteiger partial charge in [-0.25, -0.2) is 0 Å². The molecule has 0 radical (unpaired) electrons. The van der Waals surface area contributed by atoms with Gasteiger partial charge in [-0.2, -0.15) is 0 Å². The molecule has 0 saturated carbocycles. The molecule has 0 spiro atoms. The maximum atomic E-state index is 11.7. The van der Waals surface area contributed by atoms with Gasteiger partial charge in [0.05, 0.1) is 0 Å². The lowest BCUT2D eigenvalue weighted by Gasteiger charge is -2.19. The highest BCUT2D eigenvalue weighted by Gasteiger charge is 2.09. The predicted molar refractivity (Wildman–Crippen MR) is 85.9 cm³/mol. The summed E-state index contributed by atoms with van der Waals surface area (Å²) in [6, 6.07) is 0. The van der Waals surface area contributed by atoms with Crippen molar-refractivity contribution in [3.63, 3.8) is 0 Å². The van der Waals surface area contributed by atoms with Crippen LogP contribution in [0.2, 0.25) is 0 Å². The molecule has 0 aromatic carbocycles. The third-order valence-electron chi connectivity index (χ3n) is 3.27. The minimum atomic E-state index is 0.0142. The zero-order chi connectivity index (χ0) is 16.1. The summed E-state index contributed by atoms with van der Waals surface area (Å²) >= 11 is 0. The molecule has 0 saturated heterocycles. The first-order chi connectivity index (χ1) is 9.99.